The van der Waals surface area contributed by atoms with E-state index in [2.05, 4.69) is 4.31 Å². The molecule has 0 spiro atoms. The predicted octanol–water partition coefficient (Wildman–Crippen LogP) is -23.9. The van der Waals surface area contributed by atoms with Crippen molar-refractivity contribution in [3.8, 4) is 0 Å². The number of rotatable bonds is 2. The van der Waals surface area contributed by atoms with Gasteiger partial charge in [-0.3, -0.25) is 0 Å². The first-order chi connectivity index (χ1) is 3.71. The van der Waals surface area contributed by atoms with Crippen LogP contribution in [0.1, 0.15) is 11.4 Å². The Bertz CT molecular complexity index is 187. The maximum atomic E-state index is 9.63. The van der Waals surface area contributed by atoms with E-state index in [-0.39, 0.29) is 248 Å². The Kier molecular flexibility index (Phi) is 96.1. The molecule has 0 saturated carbocycles. The van der Waals surface area contributed by atoms with Gasteiger partial charge in [0.05, 0.1) is 0 Å². The van der Waals surface area contributed by atoms with Gasteiger partial charge in [0.2, 0.25) is 0 Å². The fourth-order valence-electron chi connectivity index (χ4n) is 0.139. The van der Waals surface area contributed by atoms with Crippen LogP contribution in [0.2, 0.25) is 0 Å². The summed E-state index contributed by atoms with van der Waals surface area (Å²) in [5.74, 6) is 0. The summed E-state index contributed by atoms with van der Waals surface area (Å²) in [4.78, 5) is 31.0. The summed E-state index contributed by atoms with van der Waals surface area (Å²) in [5.41, 5.74) is 0. The molecule has 0 atom stereocenters. The van der Waals surface area contributed by atoms with Gasteiger partial charge in [0.25, 0.3) is 0 Å². The zero-order valence-electron chi connectivity index (χ0n) is 19.9. The van der Waals surface area contributed by atoms with E-state index in [0.29, 0.717) is 0 Å². The Labute approximate surface area is 289 Å². The number of phosphoric acid groups is 2. The number of hydrogen-bond acceptors (Lipinski definition) is 3. The second kappa shape index (κ2) is 29.0. The molecule has 0 aromatic heterocycles. The molecule has 0 rings (SSSR count). The van der Waals surface area contributed by atoms with E-state index < -0.39 is 15.6 Å². The summed E-state index contributed by atoms with van der Waals surface area (Å²) in [7, 11) is -10.1. The van der Waals surface area contributed by atoms with Gasteiger partial charge >= 0.3 is 252 Å². The van der Waals surface area contributed by atoms with E-state index in [1.165, 1.54) is 0 Å². The predicted molar refractivity (Wildman–Crippen MR) is 34.1 cm³/mol. The van der Waals surface area contributed by atoms with Crippen LogP contribution in [0.5, 0.6) is 0 Å². The third-order valence-electron chi connectivity index (χ3n) is 0.213. The van der Waals surface area contributed by atoms with Crippen LogP contribution >= 0.6 is 15.6 Å². The monoisotopic (exact) mass is 370 g/mol. The molecule has 0 bridgehead atoms. The van der Waals surface area contributed by atoms with Gasteiger partial charge in [-0.05, 0) is 0 Å². The standard InChI is InChI=1S/8Na.H4O7P2.8H/c;;;;;;;;1-8(2,3)7-9(4,5)6;;;;;;;;/h;;;;;;;;(H2,1,2,3)(H2,4,5,6);;;;;;;;/q8*+1;;8*-1. The van der Waals surface area contributed by atoms with Crippen LogP contribution in [-0.4, -0.2) is 19.6 Å². The second-order valence-corrected chi connectivity index (χ2v) is 3.68. The van der Waals surface area contributed by atoms with Crippen LogP contribution in [0, 0.1) is 0 Å². The van der Waals surface area contributed by atoms with Crippen LogP contribution in [0.4, 0.5) is 0 Å². The molecule has 72 valence electrons. The average Bonchev–Trinajstić information content (AvgIpc) is 1.14. The van der Waals surface area contributed by atoms with Crippen LogP contribution in [0.25, 0.3) is 0 Å². The van der Waals surface area contributed by atoms with Gasteiger partial charge in [-0.1, -0.05) is 0 Å². The summed E-state index contributed by atoms with van der Waals surface area (Å²) >= 11 is 0. The van der Waals surface area contributed by atoms with Gasteiger partial charge in [-0.25, -0.2) is 9.13 Å². The van der Waals surface area contributed by atoms with Gasteiger partial charge in [0, 0.05) is 0 Å². The first-order valence-corrected chi connectivity index (χ1v) is 4.59. The molecule has 0 aliphatic heterocycles. The summed E-state index contributed by atoms with van der Waals surface area (Å²) in [5, 5.41) is 0. The molecule has 4 N–H and O–H groups in total. The molecular formula is H12Na8O7P2. The smallest absolute Gasteiger partial charge is 1.00 e. The Morgan fingerprint density at radius 2 is 0.706 bits per heavy atom. The fourth-order valence-corrected chi connectivity index (χ4v) is 1.25. The van der Waals surface area contributed by atoms with Crippen molar-refractivity contribution in [3.63, 3.8) is 0 Å². The first kappa shape index (κ1) is 56.2. The second-order valence-electron chi connectivity index (χ2n) is 1.06. The molecule has 0 aliphatic rings. The molecule has 0 saturated heterocycles. The van der Waals surface area contributed by atoms with Crippen molar-refractivity contribution in [2.45, 2.75) is 0 Å². The first-order valence-electron chi connectivity index (χ1n) is 1.53. The number of hydrogen-bond donors (Lipinski definition) is 4. The quantitative estimate of drug-likeness (QED) is 0.281. The van der Waals surface area contributed by atoms with E-state index in [4.69, 9.17) is 19.6 Å². The van der Waals surface area contributed by atoms with Crippen molar-refractivity contribution >= 4 is 15.6 Å². The van der Waals surface area contributed by atoms with E-state index in [1.807, 2.05) is 0 Å². The molecule has 0 aromatic carbocycles. The van der Waals surface area contributed by atoms with Crippen molar-refractivity contribution in [3.05, 3.63) is 0 Å². The van der Waals surface area contributed by atoms with Gasteiger partial charge in [-0.15, -0.1) is 0 Å². The molecule has 0 fully saturated rings. The van der Waals surface area contributed by atoms with Gasteiger partial charge < -0.3 is 31.0 Å². The summed E-state index contributed by atoms with van der Waals surface area (Å²) < 4.78 is 22.2. The van der Waals surface area contributed by atoms with Gasteiger partial charge in [-0.2, -0.15) is 4.31 Å². The molecule has 17 heavy (non-hydrogen) atoms. The Hall–Kier alpha value is 8.26. The van der Waals surface area contributed by atoms with Crippen molar-refractivity contribution in [1.29, 1.82) is 0 Å². The molecule has 0 aliphatic carbocycles. The molecule has 0 unspecified atom stereocenters. The van der Waals surface area contributed by atoms with Gasteiger partial charge in [0.1, 0.15) is 0 Å². The molecule has 7 nitrogen and oxygen atoms in total. The van der Waals surface area contributed by atoms with Crippen LogP contribution in [0.3, 0.4) is 0 Å². The van der Waals surface area contributed by atoms with Crippen molar-refractivity contribution < 1.29 is 281 Å². The van der Waals surface area contributed by atoms with E-state index >= 15 is 0 Å². The summed E-state index contributed by atoms with van der Waals surface area (Å²) in [6, 6.07) is 0. The maximum absolute atomic E-state index is 9.63. The SMILES string of the molecule is O=P(O)(O)OP(=O)(O)O.[H-].[H-].[H-].[H-].[H-].[H-].[H-].[H-].[Na+].[Na+].[Na+].[Na+].[Na+].[Na+].[Na+].[Na+]. The van der Waals surface area contributed by atoms with Crippen molar-refractivity contribution in [2.24, 2.45) is 0 Å². The van der Waals surface area contributed by atoms with Crippen molar-refractivity contribution in [2.75, 3.05) is 0 Å². The normalized spacial score (nSPS) is 7.29. The van der Waals surface area contributed by atoms with E-state index in [0.717, 1.165) is 0 Å². The summed E-state index contributed by atoms with van der Waals surface area (Å²) in [6.07, 6.45) is 0. The van der Waals surface area contributed by atoms with Gasteiger partial charge in [0.15, 0.2) is 0 Å². The van der Waals surface area contributed by atoms with Crippen LogP contribution < -0.4 is 236 Å². The molecule has 0 amide bonds. The largest absolute Gasteiger partial charge is 1.00 e. The van der Waals surface area contributed by atoms with Crippen molar-refractivity contribution in [1.82, 2.24) is 0 Å². The molecular weight excluding hydrogens is 358 g/mol. The zero-order chi connectivity index (χ0) is 7.71. The average molecular weight is 370 g/mol. The van der Waals surface area contributed by atoms with E-state index in [9.17, 15) is 9.13 Å². The minimum absolute atomic E-state index is 0. The topological polar surface area (TPSA) is 124 Å². The minimum Gasteiger partial charge on any atom is -1.00 e. The molecule has 0 radical (unpaired) electrons. The fraction of sp³-hybridized carbons (Fsp3) is 0. The molecule has 17 heteroatoms. The Morgan fingerprint density at radius 1 is 0.588 bits per heavy atom. The van der Waals surface area contributed by atoms with E-state index in [1.54, 1.807) is 0 Å². The minimum atomic E-state index is -5.05. The molecule has 0 aromatic rings. The molecule has 0 heterocycles. The third kappa shape index (κ3) is 59.1. The Balaban J connectivity index is -0.00000000267. The van der Waals surface area contributed by atoms with Crippen LogP contribution in [0.15, 0.2) is 0 Å². The Morgan fingerprint density at radius 3 is 0.706 bits per heavy atom. The zero-order valence-corrected chi connectivity index (χ0v) is 29.7. The summed E-state index contributed by atoms with van der Waals surface area (Å²) in [6.45, 7) is 0. The van der Waals surface area contributed by atoms with Crippen LogP contribution in [-0.2, 0) is 13.4 Å². The maximum Gasteiger partial charge on any atom is 1.00 e. The third-order valence-corrected chi connectivity index (χ3v) is 1.91.